The monoisotopic (exact) mass is 384 g/mol. The Morgan fingerprint density at radius 2 is 1.78 bits per heavy atom. The molecular formula is C18H13F5N2O2. The predicted molar refractivity (Wildman–Crippen MR) is 86.2 cm³/mol. The average Bonchev–Trinajstić information content (AvgIpc) is 2.91. The molecule has 9 heteroatoms. The predicted octanol–water partition coefficient (Wildman–Crippen LogP) is 2.99. The van der Waals surface area contributed by atoms with Crippen molar-refractivity contribution in [2.75, 3.05) is 18.0 Å². The van der Waals surface area contributed by atoms with Crippen LogP contribution in [0.2, 0.25) is 0 Å². The van der Waals surface area contributed by atoms with Crippen molar-refractivity contribution in [3.05, 3.63) is 53.1 Å². The minimum absolute atomic E-state index is 0.0201. The molecule has 2 aliphatic rings. The summed E-state index contributed by atoms with van der Waals surface area (Å²) in [4.78, 5) is 13.3. The minimum atomic E-state index is -4.78. The number of anilines is 1. The van der Waals surface area contributed by atoms with E-state index in [0.717, 1.165) is 6.07 Å². The van der Waals surface area contributed by atoms with Gasteiger partial charge in [-0.25, -0.2) is 8.78 Å². The summed E-state index contributed by atoms with van der Waals surface area (Å²) in [7, 11) is 0. The number of β-amino-alcohol motifs (C(OH)–C–C–N with tert-alkyl or cyclic N) is 1. The summed E-state index contributed by atoms with van der Waals surface area (Å²) in [6.45, 7) is -1.25. The van der Waals surface area contributed by atoms with Crippen molar-refractivity contribution in [3.8, 4) is 11.1 Å². The summed E-state index contributed by atoms with van der Waals surface area (Å²) < 4.78 is 66.1. The van der Waals surface area contributed by atoms with Crippen LogP contribution in [0.5, 0.6) is 0 Å². The lowest BCUT2D eigenvalue weighted by molar-refractivity contribution is -0.267. The molecule has 0 aliphatic carbocycles. The summed E-state index contributed by atoms with van der Waals surface area (Å²) in [5, 5.41) is 12.3. The first kappa shape index (κ1) is 17.7. The Balaban J connectivity index is 1.78. The highest BCUT2D eigenvalue weighted by atomic mass is 19.4. The van der Waals surface area contributed by atoms with Crippen molar-refractivity contribution in [2.24, 2.45) is 0 Å². The van der Waals surface area contributed by atoms with E-state index in [1.807, 2.05) is 0 Å². The Kier molecular flexibility index (Phi) is 3.71. The van der Waals surface area contributed by atoms with E-state index in [9.17, 15) is 31.9 Å². The molecule has 0 aromatic heterocycles. The average molecular weight is 384 g/mol. The maximum Gasteiger partial charge on any atom is 0.420 e. The lowest BCUT2D eigenvalue weighted by atomic mass is 9.90. The highest BCUT2D eigenvalue weighted by molar-refractivity contribution is 6.01. The lowest BCUT2D eigenvalue weighted by Gasteiger charge is -2.48. The Morgan fingerprint density at radius 1 is 1.07 bits per heavy atom. The molecule has 2 aromatic carbocycles. The number of rotatable bonds is 2. The normalized spacial score (nSPS) is 18.1. The second-order valence-electron chi connectivity index (χ2n) is 6.71. The minimum Gasteiger partial charge on any atom is -0.378 e. The van der Waals surface area contributed by atoms with Gasteiger partial charge < -0.3 is 15.3 Å². The standard InChI is InChI=1S/C18H13F5N2O2/c19-10-1-2-11(14(20)5-10)9-3-12-13(6-24-16(12)26)15(4-9)25-7-17(27,8-25)18(21,22)23/h1-5,27H,6-8H2,(H,24,26). The van der Waals surface area contributed by atoms with Gasteiger partial charge in [-0.3, -0.25) is 4.79 Å². The first-order valence-corrected chi connectivity index (χ1v) is 8.04. The van der Waals surface area contributed by atoms with Gasteiger partial charge in [0.05, 0.1) is 13.1 Å². The third-order valence-electron chi connectivity index (χ3n) is 4.91. The second kappa shape index (κ2) is 5.66. The summed E-state index contributed by atoms with van der Waals surface area (Å²) in [5.74, 6) is -2.05. The molecule has 4 nitrogen and oxygen atoms in total. The molecular weight excluding hydrogens is 371 g/mol. The molecule has 0 unspecified atom stereocenters. The summed E-state index contributed by atoms with van der Waals surface area (Å²) in [6.07, 6.45) is -4.78. The smallest absolute Gasteiger partial charge is 0.378 e. The Bertz CT molecular complexity index is 951. The number of aliphatic hydroxyl groups is 1. The van der Waals surface area contributed by atoms with Gasteiger partial charge in [0.15, 0.2) is 5.60 Å². The van der Waals surface area contributed by atoms with E-state index in [2.05, 4.69) is 5.32 Å². The third kappa shape index (κ3) is 2.73. The molecule has 1 fully saturated rings. The molecule has 2 aliphatic heterocycles. The fourth-order valence-electron chi connectivity index (χ4n) is 3.40. The Morgan fingerprint density at radius 3 is 2.41 bits per heavy atom. The molecule has 2 heterocycles. The molecule has 27 heavy (non-hydrogen) atoms. The zero-order chi connectivity index (χ0) is 19.6. The van der Waals surface area contributed by atoms with Crippen molar-refractivity contribution in [1.29, 1.82) is 0 Å². The van der Waals surface area contributed by atoms with Crippen molar-refractivity contribution in [1.82, 2.24) is 5.32 Å². The quantitative estimate of drug-likeness (QED) is 0.783. The van der Waals surface area contributed by atoms with Crippen molar-refractivity contribution in [2.45, 2.75) is 18.3 Å². The third-order valence-corrected chi connectivity index (χ3v) is 4.91. The van der Waals surface area contributed by atoms with Gasteiger partial charge in [-0.05, 0) is 29.8 Å². The van der Waals surface area contributed by atoms with Crippen LogP contribution in [0, 0.1) is 11.6 Å². The molecule has 0 bridgehead atoms. The Labute approximate surface area is 150 Å². The SMILES string of the molecule is O=C1NCc2c1cc(-c1ccc(F)cc1F)cc2N1CC(O)(C(F)(F)F)C1. The zero-order valence-corrected chi connectivity index (χ0v) is 13.7. The van der Waals surface area contributed by atoms with Crippen LogP contribution < -0.4 is 10.2 Å². The highest BCUT2D eigenvalue weighted by Gasteiger charge is 2.61. The van der Waals surface area contributed by atoms with Crippen molar-refractivity contribution >= 4 is 11.6 Å². The number of carbonyl (C=O) groups excluding carboxylic acids is 1. The van der Waals surface area contributed by atoms with Gasteiger partial charge in [0, 0.05) is 35.0 Å². The van der Waals surface area contributed by atoms with E-state index in [-0.39, 0.29) is 23.2 Å². The molecule has 1 amide bonds. The molecule has 0 saturated carbocycles. The number of amides is 1. The van der Waals surface area contributed by atoms with Crippen molar-refractivity contribution < 1.29 is 31.9 Å². The Hall–Kier alpha value is -2.68. The van der Waals surface area contributed by atoms with Crippen LogP contribution in [0.4, 0.5) is 27.6 Å². The van der Waals surface area contributed by atoms with E-state index in [1.165, 1.54) is 23.1 Å². The van der Waals surface area contributed by atoms with Gasteiger partial charge in [-0.1, -0.05) is 0 Å². The highest BCUT2D eigenvalue weighted by Crippen LogP contribution is 2.43. The first-order valence-electron chi connectivity index (χ1n) is 8.04. The van der Waals surface area contributed by atoms with Crippen LogP contribution in [-0.4, -0.2) is 35.9 Å². The largest absolute Gasteiger partial charge is 0.420 e. The number of nitrogens with zero attached hydrogens (tertiary/aromatic N) is 1. The topological polar surface area (TPSA) is 52.6 Å². The number of hydrogen-bond acceptors (Lipinski definition) is 3. The van der Waals surface area contributed by atoms with E-state index in [4.69, 9.17) is 0 Å². The second-order valence-corrected chi connectivity index (χ2v) is 6.71. The zero-order valence-electron chi connectivity index (χ0n) is 13.7. The molecule has 2 N–H and O–H groups in total. The maximum atomic E-state index is 14.2. The molecule has 2 aromatic rings. The van der Waals surface area contributed by atoms with Gasteiger partial charge in [0.25, 0.3) is 5.91 Å². The van der Waals surface area contributed by atoms with Gasteiger partial charge in [-0.15, -0.1) is 0 Å². The molecule has 0 radical (unpaired) electrons. The summed E-state index contributed by atoms with van der Waals surface area (Å²) >= 11 is 0. The van der Waals surface area contributed by atoms with Crippen LogP contribution in [-0.2, 0) is 6.54 Å². The van der Waals surface area contributed by atoms with E-state index < -0.39 is 42.4 Å². The molecule has 0 spiro atoms. The van der Waals surface area contributed by atoms with Crippen LogP contribution in [0.25, 0.3) is 11.1 Å². The number of halogens is 5. The molecule has 0 atom stereocenters. The van der Waals surface area contributed by atoms with Gasteiger partial charge in [0.2, 0.25) is 0 Å². The number of benzene rings is 2. The fourth-order valence-corrected chi connectivity index (χ4v) is 3.40. The van der Waals surface area contributed by atoms with Crippen molar-refractivity contribution in [3.63, 3.8) is 0 Å². The number of alkyl halides is 3. The lowest BCUT2D eigenvalue weighted by Crippen LogP contribution is -2.69. The van der Waals surface area contributed by atoms with Crippen LogP contribution in [0.15, 0.2) is 30.3 Å². The van der Waals surface area contributed by atoms with E-state index >= 15 is 0 Å². The van der Waals surface area contributed by atoms with E-state index in [1.54, 1.807) is 0 Å². The number of carbonyl (C=O) groups is 1. The fraction of sp³-hybridized carbons (Fsp3) is 0.278. The number of fused-ring (bicyclic) bond motifs is 1. The van der Waals surface area contributed by atoms with Crippen LogP contribution in [0.3, 0.4) is 0 Å². The van der Waals surface area contributed by atoms with Crippen LogP contribution in [0.1, 0.15) is 15.9 Å². The van der Waals surface area contributed by atoms with Gasteiger partial charge in [0.1, 0.15) is 11.6 Å². The summed E-state index contributed by atoms with van der Waals surface area (Å²) in [6, 6.07) is 5.82. The molecule has 142 valence electrons. The van der Waals surface area contributed by atoms with Gasteiger partial charge >= 0.3 is 6.18 Å². The summed E-state index contributed by atoms with van der Waals surface area (Å²) in [5.41, 5.74) is -1.57. The first-order chi connectivity index (χ1) is 12.6. The molecule has 4 rings (SSSR count). The number of hydrogen-bond donors (Lipinski definition) is 2. The maximum absolute atomic E-state index is 14.2. The molecule has 1 saturated heterocycles. The van der Waals surface area contributed by atoms with Gasteiger partial charge in [-0.2, -0.15) is 13.2 Å². The van der Waals surface area contributed by atoms with E-state index in [0.29, 0.717) is 17.3 Å². The van der Waals surface area contributed by atoms with Crippen LogP contribution >= 0.6 is 0 Å². The number of nitrogens with one attached hydrogen (secondary N) is 1.